The van der Waals surface area contributed by atoms with Crippen molar-refractivity contribution in [3.05, 3.63) is 107 Å². The highest BCUT2D eigenvalue weighted by Gasteiger charge is 2.13. The molecule has 0 bridgehead atoms. The summed E-state index contributed by atoms with van der Waals surface area (Å²) in [6, 6.07) is 22.2. The summed E-state index contributed by atoms with van der Waals surface area (Å²) < 4.78 is 13.6. The van der Waals surface area contributed by atoms with Gasteiger partial charge in [-0.15, -0.1) is 0 Å². The predicted molar refractivity (Wildman–Crippen MR) is 106 cm³/mol. The van der Waals surface area contributed by atoms with Gasteiger partial charge in [0.15, 0.2) is 0 Å². The van der Waals surface area contributed by atoms with E-state index in [1.54, 1.807) is 42.5 Å². The van der Waals surface area contributed by atoms with E-state index >= 15 is 0 Å². The van der Waals surface area contributed by atoms with Crippen molar-refractivity contribution in [1.82, 2.24) is 10.6 Å². The molecule has 3 aromatic carbocycles. The largest absolute Gasteiger partial charge is 0.348 e. The molecule has 3 rings (SSSR count). The zero-order chi connectivity index (χ0) is 19.9. The molecule has 1 atom stereocenters. The maximum Gasteiger partial charge on any atom is 0.251 e. The first-order valence-electron chi connectivity index (χ1n) is 9.02. The molecule has 28 heavy (non-hydrogen) atoms. The summed E-state index contributed by atoms with van der Waals surface area (Å²) in [7, 11) is 0. The lowest BCUT2D eigenvalue weighted by Gasteiger charge is -2.14. The third-order valence-corrected chi connectivity index (χ3v) is 4.45. The minimum absolute atomic E-state index is 0.0995. The normalized spacial score (nSPS) is 11.5. The Bertz CT molecular complexity index is 956. The molecule has 0 radical (unpaired) electrons. The van der Waals surface area contributed by atoms with Gasteiger partial charge in [-0.2, -0.15) is 0 Å². The Hall–Kier alpha value is -3.47. The number of benzene rings is 3. The Morgan fingerprint density at radius 2 is 1.39 bits per heavy atom. The Morgan fingerprint density at radius 1 is 0.821 bits per heavy atom. The molecule has 0 saturated carbocycles. The van der Waals surface area contributed by atoms with Crippen molar-refractivity contribution in [3.8, 4) is 0 Å². The van der Waals surface area contributed by atoms with Crippen LogP contribution in [0.5, 0.6) is 0 Å². The number of rotatable bonds is 6. The molecule has 3 aromatic rings. The highest BCUT2D eigenvalue weighted by atomic mass is 19.1. The fourth-order valence-electron chi connectivity index (χ4n) is 2.80. The van der Waals surface area contributed by atoms with Gasteiger partial charge in [-0.05, 0) is 42.8 Å². The topological polar surface area (TPSA) is 58.2 Å². The lowest BCUT2D eigenvalue weighted by molar-refractivity contribution is 0.0932. The number of hydrogen-bond acceptors (Lipinski definition) is 2. The van der Waals surface area contributed by atoms with Crippen LogP contribution in [-0.2, 0) is 6.54 Å². The van der Waals surface area contributed by atoms with Crippen LogP contribution in [0.25, 0.3) is 0 Å². The van der Waals surface area contributed by atoms with E-state index in [0.717, 1.165) is 5.56 Å². The minimum Gasteiger partial charge on any atom is -0.348 e. The maximum atomic E-state index is 13.6. The van der Waals surface area contributed by atoms with E-state index < -0.39 is 0 Å². The van der Waals surface area contributed by atoms with Crippen LogP contribution in [0.4, 0.5) is 4.39 Å². The molecule has 0 aliphatic heterocycles. The molecule has 2 N–H and O–H groups in total. The summed E-state index contributed by atoms with van der Waals surface area (Å²) in [5, 5.41) is 5.61. The molecule has 142 valence electrons. The number of amides is 2. The van der Waals surface area contributed by atoms with Gasteiger partial charge in [0.25, 0.3) is 11.8 Å². The van der Waals surface area contributed by atoms with Gasteiger partial charge in [0.05, 0.1) is 6.04 Å². The number of carbonyl (C=O) groups excluding carboxylic acids is 2. The minimum atomic E-state index is -0.359. The first kappa shape index (κ1) is 19.3. The van der Waals surface area contributed by atoms with Crippen molar-refractivity contribution in [1.29, 1.82) is 0 Å². The number of hydrogen-bond donors (Lipinski definition) is 2. The van der Waals surface area contributed by atoms with E-state index in [1.807, 2.05) is 37.3 Å². The van der Waals surface area contributed by atoms with Crippen LogP contribution in [-0.4, -0.2) is 11.8 Å². The van der Waals surface area contributed by atoms with Crippen LogP contribution >= 0.6 is 0 Å². The van der Waals surface area contributed by atoms with E-state index in [9.17, 15) is 14.0 Å². The average Bonchev–Trinajstić information content (AvgIpc) is 2.73. The highest BCUT2D eigenvalue weighted by molar-refractivity contribution is 5.97. The van der Waals surface area contributed by atoms with E-state index in [0.29, 0.717) is 16.7 Å². The SMILES string of the molecule is CC(NC(=O)c1ccc(C(=O)NCc2ccccc2F)cc1)c1ccccc1. The third-order valence-electron chi connectivity index (χ3n) is 4.45. The van der Waals surface area contributed by atoms with Crippen LogP contribution < -0.4 is 10.6 Å². The van der Waals surface area contributed by atoms with Gasteiger partial charge in [-0.3, -0.25) is 9.59 Å². The molecular weight excluding hydrogens is 355 g/mol. The number of halogens is 1. The second-order valence-electron chi connectivity index (χ2n) is 6.46. The highest BCUT2D eigenvalue weighted by Crippen LogP contribution is 2.13. The van der Waals surface area contributed by atoms with E-state index in [4.69, 9.17) is 0 Å². The fraction of sp³-hybridized carbons (Fsp3) is 0.130. The predicted octanol–water partition coefficient (Wildman–Crippen LogP) is 4.25. The smallest absolute Gasteiger partial charge is 0.251 e. The molecule has 0 fully saturated rings. The zero-order valence-electron chi connectivity index (χ0n) is 15.5. The molecule has 2 amide bonds. The Balaban J connectivity index is 1.58. The molecule has 1 unspecified atom stereocenters. The van der Waals surface area contributed by atoms with E-state index in [2.05, 4.69) is 10.6 Å². The summed E-state index contributed by atoms with van der Waals surface area (Å²) >= 11 is 0. The van der Waals surface area contributed by atoms with Gasteiger partial charge < -0.3 is 10.6 Å². The first-order chi connectivity index (χ1) is 13.5. The lowest BCUT2D eigenvalue weighted by Crippen LogP contribution is -2.27. The third kappa shape index (κ3) is 4.82. The van der Waals surface area contributed by atoms with Crippen LogP contribution in [0, 0.1) is 5.82 Å². The molecular formula is C23H21FN2O2. The second kappa shape index (κ2) is 8.95. The Morgan fingerprint density at radius 3 is 2.04 bits per heavy atom. The van der Waals surface area contributed by atoms with Gasteiger partial charge in [-0.1, -0.05) is 48.5 Å². The monoisotopic (exact) mass is 376 g/mol. The van der Waals surface area contributed by atoms with Crippen molar-refractivity contribution < 1.29 is 14.0 Å². The summed E-state index contributed by atoms with van der Waals surface area (Å²) in [5.74, 6) is -0.898. The summed E-state index contributed by atoms with van der Waals surface area (Å²) in [5.41, 5.74) is 2.30. The first-order valence-corrected chi connectivity index (χ1v) is 9.02. The van der Waals surface area contributed by atoms with Crippen molar-refractivity contribution in [2.75, 3.05) is 0 Å². The lowest BCUT2D eigenvalue weighted by atomic mass is 10.1. The zero-order valence-corrected chi connectivity index (χ0v) is 15.5. The van der Waals surface area contributed by atoms with Crippen molar-refractivity contribution in [2.24, 2.45) is 0 Å². The summed E-state index contributed by atoms with van der Waals surface area (Å²) in [6.45, 7) is 2.01. The van der Waals surface area contributed by atoms with E-state index in [-0.39, 0.29) is 30.2 Å². The second-order valence-corrected chi connectivity index (χ2v) is 6.46. The van der Waals surface area contributed by atoms with Crippen LogP contribution in [0.3, 0.4) is 0 Å². The molecule has 0 saturated heterocycles. The maximum absolute atomic E-state index is 13.6. The summed E-state index contributed by atoms with van der Waals surface area (Å²) in [6.07, 6.45) is 0. The standard InChI is InChI=1S/C23H21FN2O2/c1-16(17-7-3-2-4-8-17)26-23(28)19-13-11-18(12-14-19)22(27)25-15-20-9-5-6-10-21(20)24/h2-14,16H,15H2,1H3,(H,25,27)(H,26,28). The van der Waals surface area contributed by atoms with Crippen molar-refractivity contribution >= 4 is 11.8 Å². The van der Waals surface area contributed by atoms with Crippen molar-refractivity contribution in [3.63, 3.8) is 0 Å². The van der Waals surface area contributed by atoms with E-state index in [1.165, 1.54) is 6.07 Å². The number of nitrogens with one attached hydrogen (secondary N) is 2. The van der Waals surface area contributed by atoms with Crippen molar-refractivity contribution in [2.45, 2.75) is 19.5 Å². The summed E-state index contributed by atoms with van der Waals surface area (Å²) in [4.78, 5) is 24.6. The molecule has 0 aliphatic carbocycles. The van der Waals surface area contributed by atoms with Gasteiger partial charge in [0.1, 0.15) is 5.82 Å². The molecule has 5 heteroatoms. The molecule has 0 spiro atoms. The van der Waals surface area contributed by atoms with Crippen LogP contribution in [0.2, 0.25) is 0 Å². The average molecular weight is 376 g/mol. The molecule has 4 nitrogen and oxygen atoms in total. The fourth-order valence-corrected chi connectivity index (χ4v) is 2.80. The van der Waals surface area contributed by atoms with Crippen LogP contribution in [0.1, 0.15) is 44.8 Å². The molecule has 0 aliphatic rings. The van der Waals surface area contributed by atoms with Gasteiger partial charge >= 0.3 is 0 Å². The quantitative estimate of drug-likeness (QED) is 0.676. The molecule has 0 aromatic heterocycles. The Kier molecular flexibility index (Phi) is 6.17. The molecule has 0 heterocycles. The number of carbonyl (C=O) groups is 2. The van der Waals surface area contributed by atoms with Crippen LogP contribution in [0.15, 0.2) is 78.9 Å². The van der Waals surface area contributed by atoms with Gasteiger partial charge in [0.2, 0.25) is 0 Å². The Labute approximate surface area is 163 Å². The van der Waals surface area contributed by atoms with Gasteiger partial charge in [-0.25, -0.2) is 4.39 Å². The van der Waals surface area contributed by atoms with Gasteiger partial charge in [0, 0.05) is 23.2 Å².